The number of piperidine rings is 2. The van der Waals surface area contributed by atoms with Gasteiger partial charge in [-0.25, -0.2) is 13.2 Å². The van der Waals surface area contributed by atoms with E-state index in [4.69, 9.17) is 11.6 Å². The van der Waals surface area contributed by atoms with Crippen molar-refractivity contribution < 1.29 is 13.2 Å². The third-order valence-corrected chi connectivity index (χ3v) is 6.03. The van der Waals surface area contributed by atoms with E-state index in [2.05, 4.69) is 10.6 Å². The van der Waals surface area contributed by atoms with Crippen molar-refractivity contribution in [3.63, 3.8) is 0 Å². The van der Waals surface area contributed by atoms with E-state index in [0.717, 1.165) is 37.8 Å². The zero-order chi connectivity index (χ0) is 16.6. The van der Waals surface area contributed by atoms with Crippen molar-refractivity contribution in [2.45, 2.75) is 36.4 Å². The van der Waals surface area contributed by atoms with Gasteiger partial charge in [-0.3, -0.25) is 0 Å². The fourth-order valence-corrected chi connectivity index (χ4v) is 4.54. The molecule has 126 valence electrons. The van der Waals surface area contributed by atoms with Crippen LogP contribution in [-0.2, 0) is 16.4 Å². The van der Waals surface area contributed by atoms with Crippen molar-refractivity contribution in [1.82, 2.24) is 15.5 Å². The lowest BCUT2D eigenvalue weighted by Gasteiger charge is -2.45. The van der Waals surface area contributed by atoms with Crippen LogP contribution in [0.15, 0.2) is 23.1 Å². The number of nitrogens with one attached hydrogen (secondary N) is 2. The number of halogens is 1. The van der Waals surface area contributed by atoms with Crippen molar-refractivity contribution in [2.24, 2.45) is 0 Å². The van der Waals surface area contributed by atoms with E-state index in [1.807, 2.05) is 4.90 Å². The Kier molecular flexibility index (Phi) is 4.53. The normalized spacial score (nSPS) is 23.8. The maximum absolute atomic E-state index is 12.3. The lowest BCUT2D eigenvalue weighted by atomic mass is 9.93. The van der Waals surface area contributed by atoms with Crippen LogP contribution in [0.1, 0.15) is 18.4 Å². The van der Waals surface area contributed by atoms with Crippen LogP contribution in [0.3, 0.4) is 0 Å². The summed E-state index contributed by atoms with van der Waals surface area (Å²) in [5.74, 6) is 0. The molecule has 0 radical (unpaired) electrons. The van der Waals surface area contributed by atoms with Crippen LogP contribution in [0.25, 0.3) is 0 Å². The van der Waals surface area contributed by atoms with E-state index in [1.165, 1.54) is 6.07 Å². The molecule has 3 aliphatic heterocycles. The Hall–Kier alpha value is -1.31. The first-order valence-corrected chi connectivity index (χ1v) is 9.88. The molecule has 0 spiro atoms. The Morgan fingerprint density at radius 2 is 2.22 bits per heavy atom. The average Bonchev–Trinajstić information content (AvgIpc) is 2.52. The Morgan fingerprint density at radius 1 is 1.43 bits per heavy atom. The third kappa shape index (κ3) is 3.62. The van der Waals surface area contributed by atoms with Crippen LogP contribution < -0.4 is 10.6 Å². The molecule has 3 heterocycles. The number of sulfone groups is 1. The fraction of sp³-hybridized carbons (Fsp3) is 0.533. The summed E-state index contributed by atoms with van der Waals surface area (Å²) >= 11 is 6.02. The molecule has 0 saturated carbocycles. The highest BCUT2D eigenvalue weighted by atomic mass is 35.5. The minimum Gasteiger partial charge on any atom is -0.334 e. The van der Waals surface area contributed by atoms with Gasteiger partial charge in [-0.2, -0.15) is 0 Å². The summed E-state index contributed by atoms with van der Waals surface area (Å²) in [4.78, 5) is 14.3. The van der Waals surface area contributed by atoms with Gasteiger partial charge in [0.25, 0.3) is 0 Å². The van der Waals surface area contributed by atoms with E-state index in [0.29, 0.717) is 12.6 Å². The summed E-state index contributed by atoms with van der Waals surface area (Å²) in [7, 11) is -3.34. The van der Waals surface area contributed by atoms with Gasteiger partial charge in [0.05, 0.1) is 9.92 Å². The number of carbonyl (C=O) groups is 1. The van der Waals surface area contributed by atoms with Gasteiger partial charge in [-0.05, 0) is 30.5 Å². The monoisotopic (exact) mass is 357 g/mol. The highest BCUT2D eigenvalue weighted by Gasteiger charge is 2.35. The summed E-state index contributed by atoms with van der Waals surface area (Å²) in [6.45, 7) is 1.92. The number of urea groups is 1. The van der Waals surface area contributed by atoms with Crippen molar-refractivity contribution >= 4 is 27.5 Å². The average molecular weight is 358 g/mol. The summed E-state index contributed by atoms with van der Waals surface area (Å²) in [5.41, 5.74) is 0.774. The number of carbonyl (C=O) groups excluding carboxylic acids is 1. The largest absolute Gasteiger partial charge is 0.334 e. The molecule has 3 fully saturated rings. The maximum atomic E-state index is 12.3. The van der Waals surface area contributed by atoms with Crippen molar-refractivity contribution in [3.8, 4) is 0 Å². The molecule has 3 saturated heterocycles. The molecular formula is C15H20ClN3O3S. The first-order chi connectivity index (χ1) is 10.8. The van der Waals surface area contributed by atoms with Crippen molar-refractivity contribution in [2.75, 3.05) is 19.3 Å². The first-order valence-electron chi connectivity index (χ1n) is 7.61. The number of fused-ring (bicyclic) bond motifs is 3. The molecule has 2 atom stereocenters. The van der Waals surface area contributed by atoms with Gasteiger partial charge < -0.3 is 15.5 Å². The molecule has 1 aromatic carbocycles. The third-order valence-electron chi connectivity index (χ3n) is 4.45. The van der Waals surface area contributed by atoms with Crippen LogP contribution in [0.4, 0.5) is 4.79 Å². The smallest absolute Gasteiger partial charge is 0.318 e. The van der Waals surface area contributed by atoms with E-state index < -0.39 is 9.84 Å². The molecular weight excluding hydrogens is 338 g/mol. The molecule has 2 bridgehead atoms. The molecule has 1 aromatic rings. The Morgan fingerprint density at radius 3 is 2.74 bits per heavy atom. The van der Waals surface area contributed by atoms with Crippen LogP contribution in [0.5, 0.6) is 0 Å². The summed E-state index contributed by atoms with van der Waals surface area (Å²) in [6, 6.07) is 5.32. The molecule has 2 amide bonds. The van der Waals surface area contributed by atoms with E-state index in [1.54, 1.807) is 12.1 Å². The molecule has 2 unspecified atom stereocenters. The predicted octanol–water partition coefficient (Wildman–Crippen LogP) is 1.39. The number of rotatable bonds is 3. The van der Waals surface area contributed by atoms with Crippen LogP contribution >= 0.6 is 11.6 Å². The van der Waals surface area contributed by atoms with E-state index in [-0.39, 0.29) is 22.0 Å². The van der Waals surface area contributed by atoms with E-state index >= 15 is 0 Å². The van der Waals surface area contributed by atoms with Gasteiger partial charge in [-0.15, -0.1) is 0 Å². The van der Waals surface area contributed by atoms with Crippen molar-refractivity contribution in [3.05, 3.63) is 28.8 Å². The van der Waals surface area contributed by atoms with Crippen LogP contribution in [0, 0.1) is 0 Å². The molecule has 6 nitrogen and oxygen atoms in total. The highest BCUT2D eigenvalue weighted by Crippen LogP contribution is 2.24. The van der Waals surface area contributed by atoms with Crippen LogP contribution in [-0.4, -0.2) is 50.8 Å². The van der Waals surface area contributed by atoms with Gasteiger partial charge in [0.15, 0.2) is 9.84 Å². The summed E-state index contributed by atoms with van der Waals surface area (Å²) < 4.78 is 23.1. The maximum Gasteiger partial charge on any atom is 0.318 e. The molecule has 23 heavy (non-hydrogen) atoms. The molecule has 2 N–H and O–H groups in total. The zero-order valence-electron chi connectivity index (χ0n) is 12.9. The SMILES string of the molecule is CS(=O)(=O)c1ccc(CNC(=O)N2CC3CCC2CN3)cc1Cl. The lowest BCUT2D eigenvalue weighted by Crippen LogP contribution is -2.63. The van der Waals surface area contributed by atoms with Crippen molar-refractivity contribution in [1.29, 1.82) is 0 Å². The second-order valence-corrected chi connectivity index (χ2v) is 8.58. The number of benzene rings is 1. The number of piperazine rings is 1. The Balaban J connectivity index is 1.62. The minimum atomic E-state index is -3.34. The van der Waals surface area contributed by atoms with Gasteiger partial charge in [-0.1, -0.05) is 17.7 Å². The summed E-state index contributed by atoms with van der Waals surface area (Å²) in [5, 5.41) is 6.48. The molecule has 3 aliphatic rings. The lowest BCUT2D eigenvalue weighted by molar-refractivity contribution is 0.0976. The number of hydrogen-bond acceptors (Lipinski definition) is 4. The second-order valence-electron chi connectivity index (χ2n) is 6.18. The van der Waals surface area contributed by atoms with E-state index in [9.17, 15) is 13.2 Å². The quantitative estimate of drug-likeness (QED) is 0.856. The predicted molar refractivity (Wildman–Crippen MR) is 88.3 cm³/mol. The standard InChI is InChI=1S/C15H20ClN3O3S/c1-23(21,22)14-5-2-10(6-13(14)16)7-18-15(20)19-9-11-3-4-12(19)8-17-11/h2,5-6,11-12,17H,3-4,7-9H2,1H3,(H,18,20). The molecule has 4 rings (SSSR count). The number of amides is 2. The van der Waals surface area contributed by atoms with Gasteiger partial charge >= 0.3 is 6.03 Å². The Labute approximate surface area is 141 Å². The Bertz CT molecular complexity index is 715. The molecule has 8 heteroatoms. The number of hydrogen-bond donors (Lipinski definition) is 2. The van der Waals surface area contributed by atoms with Crippen LogP contribution in [0.2, 0.25) is 5.02 Å². The van der Waals surface area contributed by atoms with Gasteiger partial charge in [0, 0.05) is 38.0 Å². The number of nitrogens with zero attached hydrogens (tertiary/aromatic N) is 1. The fourth-order valence-electron chi connectivity index (χ4n) is 3.19. The second kappa shape index (κ2) is 6.30. The topological polar surface area (TPSA) is 78.5 Å². The van der Waals surface area contributed by atoms with Gasteiger partial charge in [0.2, 0.25) is 0 Å². The van der Waals surface area contributed by atoms with Gasteiger partial charge in [0.1, 0.15) is 0 Å². The molecule has 0 aliphatic carbocycles. The first kappa shape index (κ1) is 16.5. The minimum absolute atomic E-state index is 0.0792. The zero-order valence-corrected chi connectivity index (χ0v) is 14.5. The highest BCUT2D eigenvalue weighted by molar-refractivity contribution is 7.90. The summed E-state index contributed by atoms with van der Waals surface area (Å²) in [6.07, 6.45) is 3.28. The molecule has 0 aromatic heterocycles.